The minimum Gasteiger partial charge on any atom is -0.463 e. The Labute approximate surface area is 281 Å². The third-order valence-electron chi connectivity index (χ3n) is 15.7. The molecule has 0 unspecified atom stereocenters. The van der Waals surface area contributed by atoms with Crippen LogP contribution in [0.25, 0.3) is 11.4 Å². The second-order valence-corrected chi connectivity index (χ2v) is 17.7. The number of aromatic nitrogens is 3. The van der Waals surface area contributed by atoms with Crippen LogP contribution >= 0.6 is 0 Å². The molecule has 7 rings (SSSR count). The number of carbonyl (C=O) groups excluding carboxylic acids is 1. The highest BCUT2D eigenvalue weighted by Gasteiger charge is 2.69. The molecule has 1 aromatic carbocycles. The molecule has 256 valence electrons. The van der Waals surface area contributed by atoms with E-state index in [-0.39, 0.29) is 52.1 Å². The average molecular weight is 646 g/mol. The standard InChI is InChI=1S/C40H56FN3O3/c1-25-14-19-40(35(46)47-23-22-44-24-42-43-34(44)27-8-10-28(41)11-9-27)21-20-38(6)29(33(40)26(25)2)12-13-31-37(5)17-16-32(45)36(3,4)30(37)15-18-39(31,38)7/h8-12,24-26,30-33,45H,13-23H2,1-7H3/t25-,26+,30-,31-,32+,33+,37+,38-,39-,40+/m1/s1. The highest BCUT2D eigenvalue weighted by molar-refractivity contribution is 5.79. The van der Waals surface area contributed by atoms with Gasteiger partial charge in [-0.1, -0.05) is 60.1 Å². The highest BCUT2D eigenvalue weighted by Crippen LogP contribution is 2.75. The minimum absolute atomic E-state index is 0.0356. The lowest BCUT2D eigenvalue weighted by atomic mass is 9.33. The summed E-state index contributed by atoms with van der Waals surface area (Å²) in [5.74, 6) is 2.56. The van der Waals surface area contributed by atoms with Crippen molar-refractivity contribution < 1.29 is 19.0 Å². The molecule has 6 nitrogen and oxygen atoms in total. The molecule has 0 radical (unpaired) electrons. The summed E-state index contributed by atoms with van der Waals surface area (Å²) in [6.07, 6.45) is 13.3. The number of halogens is 1. The van der Waals surface area contributed by atoms with Crippen LogP contribution in [-0.4, -0.2) is 38.6 Å². The largest absolute Gasteiger partial charge is 0.463 e. The number of rotatable bonds is 5. The first-order valence-electron chi connectivity index (χ1n) is 18.4. The van der Waals surface area contributed by atoms with Gasteiger partial charge in [0.2, 0.25) is 0 Å². The number of ether oxygens (including phenoxy) is 1. The summed E-state index contributed by atoms with van der Waals surface area (Å²) in [5, 5.41) is 19.4. The van der Waals surface area contributed by atoms with Crippen LogP contribution in [0.15, 0.2) is 42.2 Å². The van der Waals surface area contributed by atoms with E-state index in [4.69, 9.17) is 4.74 Å². The van der Waals surface area contributed by atoms with Crippen LogP contribution in [0, 0.1) is 62.5 Å². The topological polar surface area (TPSA) is 77.2 Å². The van der Waals surface area contributed by atoms with Crippen molar-refractivity contribution in [1.82, 2.24) is 14.8 Å². The van der Waals surface area contributed by atoms with Crippen LogP contribution in [0.2, 0.25) is 0 Å². The molecule has 7 heteroatoms. The second-order valence-electron chi connectivity index (χ2n) is 17.7. The third kappa shape index (κ3) is 4.67. The van der Waals surface area contributed by atoms with Crippen molar-refractivity contribution in [2.24, 2.45) is 56.7 Å². The Morgan fingerprint density at radius 2 is 1.72 bits per heavy atom. The van der Waals surface area contributed by atoms with Gasteiger partial charge in [0.05, 0.1) is 18.1 Å². The molecular weight excluding hydrogens is 589 g/mol. The number of esters is 1. The van der Waals surface area contributed by atoms with Crippen LogP contribution in [0.1, 0.15) is 106 Å². The second kappa shape index (κ2) is 11.2. The molecular formula is C40H56FN3O3. The molecule has 0 spiro atoms. The van der Waals surface area contributed by atoms with Gasteiger partial charge >= 0.3 is 5.97 Å². The number of carbonyl (C=O) groups is 1. The first-order valence-corrected chi connectivity index (χ1v) is 18.4. The van der Waals surface area contributed by atoms with Gasteiger partial charge in [0.1, 0.15) is 18.8 Å². The number of nitrogens with zero attached hydrogens (tertiary/aromatic N) is 3. The van der Waals surface area contributed by atoms with Crippen LogP contribution in [0.5, 0.6) is 0 Å². The Kier molecular flexibility index (Phi) is 7.89. The zero-order chi connectivity index (χ0) is 33.6. The molecule has 1 heterocycles. The maximum atomic E-state index is 14.5. The van der Waals surface area contributed by atoms with Gasteiger partial charge in [0, 0.05) is 5.56 Å². The molecule has 1 N–H and O–H groups in total. The van der Waals surface area contributed by atoms with E-state index in [9.17, 15) is 14.3 Å². The summed E-state index contributed by atoms with van der Waals surface area (Å²) in [7, 11) is 0. The summed E-state index contributed by atoms with van der Waals surface area (Å²) in [5.41, 5.74) is 2.17. The van der Waals surface area contributed by atoms with Crippen molar-refractivity contribution in [3.05, 3.63) is 48.1 Å². The highest BCUT2D eigenvalue weighted by atomic mass is 19.1. The van der Waals surface area contributed by atoms with Gasteiger partial charge in [-0.05, 0) is 133 Å². The Morgan fingerprint density at radius 3 is 2.47 bits per heavy atom. The lowest BCUT2D eigenvalue weighted by molar-refractivity contribution is -0.207. The molecule has 4 fully saturated rings. The maximum absolute atomic E-state index is 14.5. The fourth-order valence-electron chi connectivity index (χ4n) is 12.5. The first kappa shape index (κ1) is 33.0. The Hall–Kier alpha value is -2.54. The predicted octanol–water partition coefficient (Wildman–Crippen LogP) is 8.65. The summed E-state index contributed by atoms with van der Waals surface area (Å²) in [4.78, 5) is 14.5. The lowest BCUT2D eigenvalue weighted by Gasteiger charge is -2.71. The Balaban J connectivity index is 1.16. The van der Waals surface area contributed by atoms with Gasteiger partial charge < -0.3 is 14.4 Å². The molecule has 5 aliphatic rings. The van der Waals surface area contributed by atoms with E-state index >= 15 is 0 Å². The molecule has 0 bridgehead atoms. The van der Waals surface area contributed by atoms with Crippen molar-refractivity contribution in [2.45, 2.75) is 119 Å². The van der Waals surface area contributed by atoms with Crippen LogP contribution < -0.4 is 0 Å². The monoisotopic (exact) mass is 645 g/mol. The average Bonchev–Trinajstić information content (AvgIpc) is 3.50. The number of hydrogen-bond donors (Lipinski definition) is 1. The van der Waals surface area contributed by atoms with E-state index in [2.05, 4.69) is 64.7 Å². The van der Waals surface area contributed by atoms with Crippen molar-refractivity contribution in [3.8, 4) is 11.4 Å². The molecule has 2 aromatic rings. The van der Waals surface area contributed by atoms with Crippen molar-refractivity contribution in [3.63, 3.8) is 0 Å². The number of allylic oxidation sites excluding steroid dienone is 2. The molecule has 0 amide bonds. The van der Waals surface area contributed by atoms with Crippen LogP contribution in [-0.2, 0) is 16.1 Å². The number of fused-ring (bicyclic) bond motifs is 7. The molecule has 47 heavy (non-hydrogen) atoms. The molecule has 4 saturated carbocycles. The third-order valence-corrected chi connectivity index (χ3v) is 15.7. The van der Waals surface area contributed by atoms with E-state index in [1.54, 1.807) is 24.0 Å². The first-order chi connectivity index (χ1) is 22.2. The molecule has 10 atom stereocenters. The maximum Gasteiger partial charge on any atom is 0.312 e. The van der Waals surface area contributed by atoms with Crippen LogP contribution in [0.4, 0.5) is 4.39 Å². The normalized spacial score (nSPS) is 42.3. The Morgan fingerprint density at radius 1 is 0.979 bits per heavy atom. The van der Waals surface area contributed by atoms with Gasteiger partial charge in [-0.2, -0.15) is 0 Å². The lowest BCUT2D eigenvalue weighted by Crippen LogP contribution is -2.65. The number of aliphatic hydroxyl groups is 1. The molecule has 0 aliphatic heterocycles. The number of aliphatic hydroxyl groups excluding tert-OH is 1. The molecule has 1 aromatic heterocycles. The smallest absolute Gasteiger partial charge is 0.312 e. The van der Waals surface area contributed by atoms with Gasteiger partial charge in [0.25, 0.3) is 0 Å². The van der Waals surface area contributed by atoms with E-state index in [1.807, 2.05) is 4.57 Å². The van der Waals surface area contributed by atoms with Gasteiger partial charge in [-0.3, -0.25) is 4.79 Å². The fourth-order valence-corrected chi connectivity index (χ4v) is 12.5. The van der Waals surface area contributed by atoms with E-state index in [0.717, 1.165) is 50.5 Å². The molecule has 0 saturated heterocycles. The summed E-state index contributed by atoms with van der Waals surface area (Å²) in [6.45, 7) is 17.8. The minimum atomic E-state index is -0.495. The quantitative estimate of drug-likeness (QED) is 0.260. The van der Waals surface area contributed by atoms with Crippen LogP contribution in [0.3, 0.4) is 0 Å². The van der Waals surface area contributed by atoms with Crippen molar-refractivity contribution in [1.29, 1.82) is 0 Å². The van der Waals surface area contributed by atoms with E-state index in [0.29, 0.717) is 36.0 Å². The summed E-state index contributed by atoms with van der Waals surface area (Å²) >= 11 is 0. The zero-order valence-corrected chi connectivity index (χ0v) is 29.7. The summed E-state index contributed by atoms with van der Waals surface area (Å²) in [6, 6.07) is 6.24. The Bertz CT molecular complexity index is 1550. The predicted molar refractivity (Wildman–Crippen MR) is 181 cm³/mol. The van der Waals surface area contributed by atoms with Gasteiger partial charge in [0.15, 0.2) is 5.82 Å². The number of benzene rings is 1. The SMILES string of the molecule is C[C@H]1[C@H](C)CC[C@]2(C(=O)OCCn3cnnc3-c3ccc(F)cc3)CC[C@]3(C)C(=CC[C@@H]4[C@@]5(C)CC[C@H](O)C(C)(C)[C@H]5CC[C@]43C)[C@H]12. The zero-order valence-electron chi connectivity index (χ0n) is 29.7. The summed E-state index contributed by atoms with van der Waals surface area (Å²) < 4.78 is 21.7. The van der Waals surface area contributed by atoms with Crippen molar-refractivity contribution >= 4 is 5.97 Å². The van der Waals surface area contributed by atoms with Gasteiger partial charge in [-0.15, -0.1) is 10.2 Å². The molecule has 5 aliphatic carbocycles. The fraction of sp³-hybridized carbons (Fsp3) is 0.725. The van der Waals surface area contributed by atoms with E-state index < -0.39 is 5.41 Å². The van der Waals surface area contributed by atoms with Crippen molar-refractivity contribution in [2.75, 3.05) is 6.61 Å². The van der Waals surface area contributed by atoms with E-state index in [1.165, 1.54) is 25.0 Å². The number of hydrogen-bond acceptors (Lipinski definition) is 5. The van der Waals surface area contributed by atoms with Gasteiger partial charge in [-0.25, -0.2) is 4.39 Å².